The van der Waals surface area contributed by atoms with Crippen LogP contribution in [0.3, 0.4) is 0 Å². The van der Waals surface area contributed by atoms with Gasteiger partial charge in [-0.25, -0.2) is 0 Å². The number of carbonyl (C=O) groups excluding carboxylic acids is 1. The van der Waals surface area contributed by atoms with Gasteiger partial charge in [-0.15, -0.1) is 11.3 Å². The first-order valence-corrected chi connectivity index (χ1v) is 7.25. The third-order valence-corrected chi connectivity index (χ3v) is 4.51. The van der Waals surface area contributed by atoms with Gasteiger partial charge in [-0.05, 0) is 24.3 Å². The predicted molar refractivity (Wildman–Crippen MR) is 69.2 cm³/mol. The van der Waals surface area contributed by atoms with E-state index in [0.717, 1.165) is 32.2 Å². The molecule has 3 nitrogen and oxygen atoms in total. The van der Waals surface area contributed by atoms with Crippen molar-refractivity contribution < 1.29 is 4.79 Å². The van der Waals surface area contributed by atoms with E-state index in [1.807, 2.05) is 22.4 Å². The van der Waals surface area contributed by atoms with E-state index in [4.69, 9.17) is 0 Å². The van der Waals surface area contributed by atoms with Gasteiger partial charge in [0.2, 0.25) is 5.91 Å². The Morgan fingerprint density at radius 2 is 2.06 bits per heavy atom. The Kier molecular flexibility index (Phi) is 3.16. The molecule has 0 unspecified atom stereocenters. The first kappa shape index (κ1) is 11.2. The Morgan fingerprint density at radius 3 is 2.65 bits per heavy atom. The number of hydrogen-bond acceptors (Lipinski definition) is 3. The standard InChI is InChI=1S/C13H18N2OS/c16-13(10-12-2-1-9-17-12)15-7-5-14(6-8-15)11-3-4-11/h1-2,9,11H,3-8,10H2. The molecule has 1 aromatic heterocycles. The number of rotatable bonds is 3. The SMILES string of the molecule is O=C(Cc1cccs1)N1CCN(C2CC2)CC1. The molecule has 0 atom stereocenters. The lowest BCUT2D eigenvalue weighted by Gasteiger charge is -2.34. The van der Waals surface area contributed by atoms with Gasteiger partial charge in [-0.2, -0.15) is 0 Å². The van der Waals surface area contributed by atoms with E-state index in [-0.39, 0.29) is 0 Å². The fraction of sp³-hybridized carbons (Fsp3) is 0.615. The lowest BCUT2D eigenvalue weighted by molar-refractivity contribution is -0.132. The lowest BCUT2D eigenvalue weighted by atomic mass is 10.2. The molecule has 1 amide bonds. The zero-order valence-corrected chi connectivity index (χ0v) is 10.8. The minimum atomic E-state index is 0.294. The van der Waals surface area contributed by atoms with Gasteiger partial charge in [0.25, 0.3) is 0 Å². The minimum absolute atomic E-state index is 0.294. The molecule has 17 heavy (non-hydrogen) atoms. The first-order chi connectivity index (χ1) is 8.33. The Bertz CT molecular complexity index is 378. The second kappa shape index (κ2) is 4.78. The summed E-state index contributed by atoms with van der Waals surface area (Å²) >= 11 is 1.67. The quantitative estimate of drug-likeness (QED) is 0.813. The van der Waals surface area contributed by atoms with Gasteiger partial charge in [-0.1, -0.05) is 6.07 Å². The van der Waals surface area contributed by atoms with Gasteiger partial charge >= 0.3 is 0 Å². The summed E-state index contributed by atoms with van der Waals surface area (Å²) in [4.78, 5) is 17.8. The highest BCUT2D eigenvalue weighted by Crippen LogP contribution is 2.27. The van der Waals surface area contributed by atoms with Crippen molar-refractivity contribution >= 4 is 17.2 Å². The van der Waals surface area contributed by atoms with E-state index in [0.29, 0.717) is 12.3 Å². The summed E-state index contributed by atoms with van der Waals surface area (Å²) in [5, 5.41) is 2.04. The summed E-state index contributed by atoms with van der Waals surface area (Å²) in [5.74, 6) is 0.294. The van der Waals surface area contributed by atoms with E-state index in [1.165, 1.54) is 17.7 Å². The van der Waals surface area contributed by atoms with Gasteiger partial charge < -0.3 is 4.90 Å². The average Bonchev–Trinajstić information content (AvgIpc) is 3.09. The number of thiophene rings is 1. The van der Waals surface area contributed by atoms with Crippen molar-refractivity contribution in [2.75, 3.05) is 26.2 Å². The molecule has 0 bridgehead atoms. The van der Waals surface area contributed by atoms with Gasteiger partial charge in [-0.3, -0.25) is 9.69 Å². The predicted octanol–water partition coefficient (Wildman–Crippen LogP) is 1.60. The minimum Gasteiger partial charge on any atom is -0.340 e. The van der Waals surface area contributed by atoms with Crippen LogP contribution in [0.15, 0.2) is 17.5 Å². The lowest BCUT2D eigenvalue weighted by Crippen LogP contribution is -2.49. The number of amides is 1. The molecule has 2 heterocycles. The van der Waals surface area contributed by atoms with Crippen LogP contribution < -0.4 is 0 Å². The first-order valence-electron chi connectivity index (χ1n) is 6.37. The van der Waals surface area contributed by atoms with Crippen molar-refractivity contribution in [2.24, 2.45) is 0 Å². The Balaban J connectivity index is 1.50. The Hall–Kier alpha value is -0.870. The topological polar surface area (TPSA) is 23.6 Å². The Labute approximate surface area is 106 Å². The third kappa shape index (κ3) is 2.69. The highest BCUT2D eigenvalue weighted by molar-refractivity contribution is 7.10. The van der Waals surface area contributed by atoms with Crippen molar-refractivity contribution in [2.45, 2.75) is 25.3 Å². The highest BCUT2D eigenvalue weighted by atomic mass is 32.1. The zero-order chi connectivity index (χ0) is 11.7. The van der Waals surface area contributed by atoms with Crippen LogP contribution in [-0.2, 0) is 11.2 Å². The molecule has 1 saturated carbocycles. The molecule has 1 aliphatic heterocycles. The number of piperazine rings is 1. The van der Waals surface area contributed by atoms with Gasteiger partial charge in [0.1, 0.15) is 0 Å². The highest BCUT2D eigenvalue weighted by Gasteiger charge is 2.32. The molecule has 92 valence electrons. The maximum absolute atomic E-state index is 12.1. The fourth-order valence-corrected chi connectivity index (χ4v) is 3.15. The zero-order valence-electron chi connectivity index (χ0n) is 9.97. The molecule has 1 aromatic rings. The Morgan fingerprint density at radius 1 is 1.29 bits per heavy atom. The van der Waals surface area contributed by atoms with Crippen LogP contribution in [-0.4, -0.2) is 47.9 Å². The molecule has 1 aliphatic carbocycles. The van der Waals surface area contributed by atoms with Crippen molar-refractivity contribution in [3.8, 4) is 0 Å². The molecule has 3 rings (SSSR count). The molecule has 0 radical (unpaired) electrons. The van der Waals surface area contributed by atoms with Crippen LogP contribution >= 0.6 is 11.3 Å². The number of hydrogen-bond donors (Lipinski definition) is 0. The van der Waals surface area contributed by atoms with Crippen LogP contribution in [0.5, 0.6) is 0 Å². The van der Waals surface area contributed by atoms with Gasteiger partial charge in [0, 0.05) is 37.1 Å². The van der Waals surface area contributed by atoms with Crippen LogP contribution in [0.2, 0.25) is 0 Å². The van der Waals surface area contributed by atoms with Gasteiger partial charge in [0.15, 0.2) is 0 Å². The summed E-state index contributed by atoms with van der Waals surface area (Å²) in [6, 6.07) is 4.89. The summed E-state index contributed by atoms with van der Waals surface area (Å²) in [5.41, 5.74) is 0. The summed E-state index contributed by atoms with van der Waals surface area (Å²) in [7, 11) is 0. The third-order valence-electron chi connectivity index (χ3n) is 3.64. The molecule has 2 aliphatic rings. The van der Waals surface area contributed by atoms with Crippen molar-refractivity contribution in [3.63, 3.8) is 0 Å². The molecule has 4 heteroatoms. The molecular formula is C13H18N2OS. The van der Waals surface area contributed by atoms with Gasteiger partial charge in [0.05, 0.1) is 6.42 Å². The van der Waals surface area contributed by atoms with E-state index < -0.39 is 0 Å². The second-order valence-electron chi connectivity index (χ2n) is 4.90. The largest absolute Gasteiger partial charge is 0.340 e. The molecule has 0 aromatic carbocycles. The number of carbonyl (C=O) groups is 1. The smallest absolute Gasteiger partial charge is 0.227 e. The van der Waals surface area contributed by atoms with E-state index in [2.05, 4.69) is 4.90 Å². The maximum atomic E-state index is 12.1. The van der Waals surface area contributed by atoms with Crippen LogP contribution in [0.25, 0.3) is 0 Å². The van der Waals surface area contributed by atoms with Crippen LogP contribution in [0.1, 0.15) is 17.7 Å². The van der Waals surface area contributed by atoms with Crippen molar-refractivity contribution in [3.05, 3.63) is 22.4 Å². The molecule has 0 spiro atoms. The number of nitrogens with zero attached hydrogens (tertiary/aromatic N) is 2. The van der Waals surface area contributed by atoms with Crippen LogP contribution in [0, 0.1) is 0 Å². The summed E-state index contributed by atoms with van der Waals surface area (Å²) < 4.78 is 0. The second-order valence-corrected chi connectivity index (χ2v) is 5.94. The monoisotopic (exact) mass is 250 g/mol. The normalized spacial score (nSPS) is 21.8. The average molecular weight is 250 g/mol. The van der Waals surface area contributed by atoms with Crippen molar-refractivity contribution in [1.29, 1.82) is 0 Å². The molecule has 0 N–H and O–H groups in total. The van der Waals surface area contributed by atoms with Crippen molar-refractivity contribution in [1.82, 2.24) is 9.80 Å². The molecular weight excluding hydrogens is 232 g/mol. The van der Waals surface area contributed by atoms with Crippen LogP contribution in [0.4, 0.5) is 0 Å². The van der Waals surface area contributed by atoms with E-state index in [1.54, 1.807) is 11.3 Å². The fourth-order valence-electron chi connectivity index (χ4n) is 2.45. The molecule has 1 saturated heterocycles. The maximum Gasteiger partial charge on any atom is 0.227 e. The van der Waals surface area contributed by atoms with E-state index >= 15 is 0 Å². The molecule has 2 fully saturated rings. The van der Waals surface area contributed by atoms with E-state index in [9.17, 15) is 4.79 Å². The summed E-state index contributed by atoms with van der Waals surface area (Å²) in [6.45, 7) is 3.98. The summed E-state index contributed by atoms with van der Waals surface area (Å²) in [6.07, 6.45) is 3.31.